The molecule has 0 radical (unpaired) electrons. The van der Waals surface area contributed by atoms with E-state index < -0.39 is 9.84 Å². The second-order valence-corrected chi connectivity index (χ2v) is 9.85. The number of amides is 1. The van der Waals surface area contributed by atoms with Crippen molar-refractivity contribution in [3.05, 3.63) is 63.7 Å². The first-order valence-corrected chi connectivity index (χ1v) is 12.4. The summed E-state index contributed by atoms with van der Waals surface area (Å²) < 4.78 is 30.5. The number of hydrogen-bond donors (Lipinski definition) is 1. The second-order valence-electron chi connectivity index (χ2n) is 7.45. The number of H-pyrrole nitrogens is 1. The number of aromatic nitrogens is 2. The summed E-state index contributed by atoms with van der Waals surface area (Å²) >= 11 is 5.28. The van der Waals surface area contributed by atoms with Crippen molar-refractivity contribution < 1.29 is 17.9 Å². The van der Waals surface area contributed by atoms with Crippen LogP contribution in [0.15, 0.2) is 58.2 Å². The third kappa shape index (κ3) is 5.83. The summed E-state index contributed by atoms with van der Waals surface area (Å²) in [6.45, 7) is 0.987. The van der Waals surface area contributed by atoms with Crippen LogP contribution in [0, 0.1) is 4.77 Å². The van der Waals surface area contributed by atoms with Crippen molar-refractivity contribution in [3.8, 4) is 5.75 Å². The molecular weight excluding hydrogens is 450 g/mol. The molecule has 3 rings (SSSR count). The minimum absolute atomic E-state index is 0.112. The first kappa shape index (κ1) is 23.7. The fraction of sp³-hybridized carbons (Fsp3) is 0.318. The van der Waals surface area contributed by atoms with Gasteiger partial charge in [0.05, 0.1) is 22.4 Å². The number of carbonyl (C=O) groups excluding carboxylic acids is 1. The highest BCUT2D eigenvalue weighted by atomic mass is 32.2. The molecule has 32 heavy (non-hydrogen) atoms. The Hall–Kier alpha value is -2.98. The molecule has 0 aliphatic rings. The van der Waals surface area contributed by atoms with E-state index in [0.717, 1.165) is 6.26 Å². The molecule has 8 nitrogen and oxygen atoms in total. The molecule has 0 fully saturated rings. The van der Waals surface area contributed by atoms with Gasteiger partial charge in [-0.05, 0) is 49.0 Å². The monoisotopic (exact) mass is 475 g/mol. The fourth-order valence-electron chi connectivity index (χ4n) is 3.21. The maximum atomic E-state index is 12.7. The molecule has 170 valence electrons. The van der Waals surface area contributed by atoms with E-state index in [4.69, 9.17) is 17.0 Å². The average molecular weight is 476 g/mol. The SMILES string of the molecule is CN(CCCOc1cccc(S(C)(=O)=O)c1)C(=O)CCn1c(=S)[nH]c2ccccc2c1=O. The summed E-state index contributed by atoms with van der Waals surface area (Å²) in [6, 6.07) is 13.4. The number of hydrogen-bond acceptors (Lipinski definition) is 6. The quantitative estimate of drug-likeness (QED) is 0.377. The second kappa shape index (κ2) is 10.1. The molecule has 1 heterocycles. The molecule has 1 amide bonds. The Bertz CT molecular complexity index is 1350. The van der Waals surface area contributed by atoms with Gasteiger partial charge in [0, 0.05) is 32.8 Å². The minimum Gasteiger partial charge on any atom is -0.493 e. The molecule has 0 saturated heterocycles. The number of benzene rings is 2. The zero-order valence-corrected chi connectivity index (χ0v) is 19.5. The number of ether oxygens (including phenoxy) is 1. The highest BCUT2D eigenvalue weighted by Crippen LogP contribution is 2.17. The van der Waals surface area contributed by atoms with E-state index in [1.807, 2.05) is 6.07 Å². The summed E-state index contributed by atoms with van der Waals surface area (Å²) in [4.78, 5) is 29.9. The van der Waals surface area contributed by atoms with Crippen LogP contribution in [0.4, 0.5) is 0 Å². The minimum atomic E-state index is -3.30. The third-order valence-electron chi connectivity index (χ3n) is 5.00. The van der Waals surface area contributed by atoms with Gasteiger partial charge in [-0.1, -0.05) is 18.2 Å². The number of rotatable bonds is 9. The smallest absolute Gasteiger partial charge is 0.262 e. The molecule has 3 aromatic rings. The van der Waals surface area contributed by atoms with Crippen LogP contribution in [0.1, 0.15) is 12.8 Å². The lowest BCUT2D eigenvalue weighted by Crippen LogP contribution is -2.31. The Labute approximate surface area is 191 Å². The van der Waals surface area contributed by atoms with Gasteiger partial charge < -0.3 is 14.6 Å². The van der Waals surface area contributed by atoms with E-state index >= 15 is 0 Å². The fourth-order valence-corrected chi connectivity index (χ4v) is 4.15. The number of fused-ring (bicyclic) bond motifs is 1. The van der Waals surface area contributed by atoms with Crippen molar-refractivity contribution in [3.63, 3.8) is 0 Å². The van der Waals surface area contributed by atoms with E-state index in [-0.39, 0.29) is 34.1 Å². The number of aromatic amines is 1. The van der Waals surface area contributed by atoms with Gasteiger partial charge in [-0.2, -0.15) is 0 Å². The standard InChI is InChI=1S/C22H25N3O5S2/c1-24(12-6-14-30-16-7-5-8-17(15-16)32(2,28)29)20(26)11-13-25-21(27)18-9-3-4-10-19(18)23-22(25)31/h3-5,7-10,15H,6,11-14H2,1-2H3,(H,23,31). The highest BCUT2D eigenvalue weighted by molar-refractivity contribution is 7.90. The maximum absolute atomic E-state index is 12.7. The molecule has 0 saturated carbocycles. The van der Waals surface area contributed by atoms with Crippen LogP contribution in [-0.4, -0.2) is 55.2 Å². The summed E-state index contributed by atoms with van der Waals surface area (Å²) in [5, 5.41) is 0.527. The lowest BCUT2D eigenvalue weighted by molar-refractivity contribution is -0.130. The van der Waals surface area contributed by atoms with Gasteiger partial charge in [0.1, 0.15) is 5.75 Å². The summed E-state index contributed by atoms with van der Waals surface area (Å²) in [7, 11) is -1.60. The molecule has 0 bridgehead atoms. The molecule has 0 aliphatic carbocycles. The number of para-hydroxylation sites is 1. The first-order valence-electron chi connectivity index (χ1n) is 10.1. The van der Waals surface area contributed by atoms with Crippen molar-refractivity contribution in [2.45, 2.75) is 24.3 Å². The topological polar surface area (TPSA) is 101 Å². The lowest BCUT2D eigenvalue weighted by Gasteiger charge is -2.18. The van der Waals surface area contributed by atoms with Gasteiger partial charge in [0.25, 0.3) is 5.56 Å². The Morgan fingerprint density at radius 2 is 1.94 bits per heavy atom. The van der Waals surface area contributed by atoms with Gasteiger partial charge in [0.2, 0.25) is 5.91 Å². The molecule has 10 heteroatoms. The van der Waals surface area contributed by atoms with Crippen molar-refractivity contribution >= 4 is 38.9 Å². The van der Waals surface area contributed by atoms with E-state index in [0.29, 0.717) is 36.2 Å². The molecule has 1 N–H and O–H groups in total. The normalized spacial score (nSPS) is 11.4. The van der Waals surface area contributed by atoms with Crippen molar-refractivity contribution in [1.29, 1.82) is 0 Å². The Kier molecular flexibility index (Phi) is 7.47. The van der Waals surface area contributed by atoms with Crippen molar-refractivity contribution in [2.75, 3.05) is 26.5 Å². The summed E-state index contributed by atoms with van der Waals surface area (Å²) in [6.07, 6.45) is 1.86. The predicted octanol–water partition coefficient (Wildman–Crippen LogP) is 2.78. The van der Waals surface area contributed by atoms with Gasteiger partial charge in [-0.3, -0.25) is 14.2 Å². The van der Waals surface area contributed by atoms with Gasteiger partial charge in [-0.15, -0.1) is 0 Å². The molecule has 1 aromatic heterocycles. The zero-order chi connectivity index (χ0) is 23.3. The molecule has 0 aliphatic heterocycles. The van der Waals surface area contributed by atoms with Gasteiger partial charge in [-0.25, -0.2) is 8.42 Å². The predicted molar refractivity (Wildman–Crippen MR) is 125 cm³/mol. The highest BCUT2D eigenvalue weighted by Gasteiger charge is 2.12. The average Bonchev–Trinajstić information content (AvgIpc) is 2.76. The number of sulfone groups is 1. The molecule has 0 atom stereocenters. The molecule has 2 aromatic carbocycles. The molecular formula is C22H25N3O5S2. The van der Waals surface area contributed by atoms with Crippen LogP contribution in [0.3, 0.4) is 0 Å². The van der Waals surface area contributed by atoms with Crippen LogP contribution in [0.25, 0.3) is 10.9 Å². The molecule has 0 unspecified atom stereocenters. The third-order valence-corrected chi connectivity index (χ3v) is 6.44. The summed E-state index contributed by atoms with van der Waals surface area (Å²) in [5.74, 6) is 0.352. The number of nitrogens with zero attached hydrogens (tertiary/aromatic N) is 2. The van der Waals surface area contributed by atoms with Crippen LogP contribution in [0.2, 0.25) is 0 Å². The number of nitrogens with one attached hydrogen (secondary N) is 1. The van der Waals surface area contributed by atoms with Gasteiger partial charge >= 0.3 is 0 Å². The molecule has 0 spiro atoms. The lowest BCUT2D eigenvalue weighted by atomic mass is 10.2. The van der Waals surface area contributed by atoms with Crippen molar-refractivity contribution in [2.24, 2.45) is 0 Å². The Morgan fingerprint density at radius 1 is 1.19 bits per heavy atom. The van der Waals surface area contributed by atoms with Crippen LogP contribution in [0.5, 0.6) is 5.75 Å². The Morgan fingerprint density at radius 3 is 2.69 bits per heavy atom. The van der Waals surface area contributed by atoms with E-state index in [1.54, 1.807) is 42.3 Å². The number of carbonyl (C=O) groups is 1. The maximum Gasteiger partial charge on any atom is 0.262 e. The first-order chi connectivity index (χ1) is 15.2. The van der Waals surface area contributed by atoms with Crippen molar-refractivity contribution in [1.82, 2.24) is 14.5 Å². The van der Waals surface area contributed by atoms with Crippen LogP contribution in [-0.2, 0) is 21.2 Å². The van der Waals surface area contributed by atoms with E-state index in [2.05, 4.69) is 4.98 Å². The van der Waals surface area contributed by atoms with Crippen LogP contribution < -0.4 is 10.3 Å². The Balaban J connectivity index is 1.50. The zero-order valence-electron chi connectivity index (χ0n) is 17.9. The largest absolute Gasteiger partial charge is 0.493 e. The van der Waals surface area contributed by atoms with E-state index in [1.165, 1.54) is 16.7 Å². The van der Waals surface area contributed by atoms with E-state index in [9.17, 15) is 18.0 Å². The summed E-state index contributed by atoms with van der Waals surface area (Å²) in [5.41, 5.74) is 0.453. The van der Waals surface area contributed by atoms with Crippen LogP contribution >= 0.6 is 12.2 Å². The van der Waals surface area contributed by atoms with Gasteiger partial charge in [0.15, 0.2) is 14.6 Å².